The smallest absolute Gasteiger partial charge is 0.191 e. The number of aliphatic imine (C=N–C) groups is 1. The molecule has 2 fully saturated rings. The molecule has 3 N–H and O–H groups in total. The first-order valence-electron chi connectivity index (χ1n) is 11.5. The van der Waals surface area contributed by atoms with Crippen LogP contribution in [0.3, 0.4) is 0 Å². The Labute approximate surface area is 204 Å². The van der Waals surface area contributed by atoms with E-state index in [0.717, 1.165) is 32.0 Å². The molecule has 7 heteroatoms. The molecule has 0 spiro atoms. The average Bonchev–Trinajstić information content (AvgIpc) is 3.25. The zero-order valence-corrected chi connectivity index (χ0v) is 21.9. The van der Waals surface area contributed by atoms with Crippen LogP contribution in [0.2, 0.25) is 0 Å². The molecular formula is C23H41IN4OS. The number of guanidine groups is 1. The number of hydrogen-bond donors (Lipinski definition) is 3. The van der Waals surface area contributed by atoms with Crippen molar-refractivity contribution in [2.75, 3.05) is 39.8 Å². The zero-order chi connectivity index (χ0) is 20.5. The molecule has 172 valence electrons. The van der Waals surface area contributed by atoms with Gasteiger partial charge in [0.1, 0.15) is 0 Å². The van der Waals surface area contributed by atoms with Crippen molar-refractivity contribution in [2.45, 2.75) is 64.3 Å². The van der Waals surface area contributed by atoms with E-state index in [0.29, 0.717) is 12.0 Å². The molecule has 5 nitrogen and oxygen atoms in total. The maximum absolute atomic E-state index is 9.59. The second-order valence-corrected chi connectivity index (χ2v) is 9.93. The van der Waals surface area contributed by atoms with E-state index < -0.39 is 0 Å². The summed E-state index contributed by atoms with van der Waals surface area (Å²) in [4.78, 5) is 8.99. The van der Waals surface area contributed by atoms with Crippen LogP contribution in [0.4, 0.5) is 0 Å². The molecule has 1 saturated carbocycles. The fourth-order valence-electron chi connectivity index (χ4n) is 5.22. The maximum atomic E-state index is 9.59. The first-order valence-corrected chi connectivity index (χ1v) is 12.4. The van der Waals surface area contributed by atoms with E-state index in [1.54, 1.807) is 0 Å². The van der Waals surface area contributed by atoms with Gasteiger partial charge in [-0.3, -0.25) is 9.89 Å². The molecule has 0 radical (unpaired) electrons. The Kier molecular flexibility index (Phi) is 11.4. The highest BCUT2D eigenvalue weighted by atomic mass is 127. The summed E-state index contributed by atoms with van der Waals surface area (Å²) >= 11 is 1.88. The molecule has 2 atom stereocenters. The summed E-state index contributed by atoms with van der Waals surface area (Å²) in [6, 6.07) is 4.95. The Morgan fingerprint density at radius 1 is 1.27 bits per heavy atom. The van der Waals surface area contributed by atoms with Gasteiger partial charge in [-0.15, -0.1) is 35.3 Å². The van der Waals surface area contributed by atoms with E-state index in [1.165, 1.54) is 56.4 Å². The molecule has 0 bridgehead atoms. The van der Waals surface area contributed by atoms with Gasteiger partial charge in [-0.1, -0.05) is 25.3 Å². The number of thiophene rings is 1. The summed E-state index contributed by atoms with van der Waals surface area (Å²) in [5, 5.41) is 18.9. The first-order chi connectivity index (χ1) is 14.2. The minimum absolute atomic E-state index is 0. The third-order valence-electron chi connectivity index (χ3n) is 6.85. The molecule has 1 aliphatic carbocycles. The third kappa shape index (κ3) is 7.07. The Hall–Kier alpha value is -0.380. The van der Waals surface area contributed by atoms with Crippen LogP contribution in [-0.4, -0.2) is 55.8 Å². The summed E-state index contributed by atoms with van der Waals surface area (Å²) in [6.45, 7) is 6.22. The third-order valence-corrected chi connectivity index (χ3v) is 7.79. The monoisotopic (exact) mass is 548 g/mol. The lowest BCUT2D eigenvalue weighted by Gasteiger charge is -2.39. The molecular weight excluding hydrogens is 507 g/mol. The Bertz CT molecular complexity index is 613. The normalized spacial score (nSPS) is 24.8. The highest BCUT2D eigenvalue weighted by molar-refractivity contribution is 14.0. The quantitative estimate of drug-likeness (QED) is 0.252. The molecule has 30 heavy (non-hydrogen) atoms. The van der Waals surface area contributed by atoms with Crippen LogP contribution in [0.5, 0.6) is 0 Å². The predicted octanol–water partition coefficient (Wildman–Crippen LogP) is 4.64. The number of hydrogen-bond acceptors (Lipinski definition) is 4. The minimum Gasteiger partial charge on any atom is -0.396 e. The van der Waals surface area contributed by atoms with Crippen LogP contribution in [0.1, 0.15) is 69.2 Å². The molecule has 0 amide bonds. The first kappa shape index (κ1) is 25.9. The average molecular weight is 549 g/mol. The van der Waals surface area contributed by atoms with Gasteiger partial charge in [0.05, 0.1) is 0 Å². The lowest BCUT2D eigenvalue weighted by molar-refractivity contribution is 0.125. The van der Waals surface area contributed by atoms with E-state index in [-0.39, 0.29) is 36.0 Å². The Balaban J connectivity index is 0.00000320. The number of nitrogens with one attached hydrogen (secondary N) is 2. The van der Waals surface area contributed by atoms with Crippen molar-refractivity contribution in [1.29, 1.82) is 0 Å². The summed E-state index contributed by atoms with van der Waals surface area (Å²) in [7, 11) is 2.26. The van der Waals surface area contributed by atoms with Gasteiger partial charge in [-0.05, 0) is 75.4 Å². The Morgan fingerprint density at radius 2 is 2.07 bits per heavy atom. The van der Waals surface area contributed by atoms with Gasteiger partial charge < -0.3 is 15.7 Å². The van der Waals surface area contributed by atoms with Crippen LogP contribution in [0.15, 0.2) is 22.5 Å². The molecule has 2 heterocycles. The lowest BCUT2D eigenvalue weighted by Crippen LogP contribution is -2.45. The van der Waals surface area contributed by atoms with Gasteiger partial charge in [-0.25, -0.2) is 0 Å². The van der Waals surface area contributed by atoms with Crippen LogP contribution in [0, 0.1) is 11.3 Å². The molecule has 0 aromatic carbocycles. The summed E-state index contributed by atoms with van der Waals surface area (Å²) in [5.74, 6) is 1.53. The number of rotatable bonds is 8. The van der Waals surface area contributed by atoms with E-state index in [1.807, 2.05) is 11.3 Å². The van der Waals surface area contributed by atoms with Crippen molar-refractivity contribution in [3.8, 4) is 0 Å². The van der Waals surface area contributed by atoms with E-state index in [4.69, 9.17) is 4.99 Å². The molecule has 3 rings (SSSR count). The van der Waals surface area contributed by atoms with Crippen LogP contribution < -0.4 is 10.6 Å². The van der Waals surface area contributed by atoms with Crippen LogP contribution in [-0.2, 0) is 0 Å². The largest absolute Gasteiger partial charge is 0.396 e. The van der Waals surface area contributed by atoms with Gasteiger partial charge in [0.15, 0.2) is 5.96 Å². The topological polar surface area (TPSA) is 59.9 Å². The highest BCUT2D eigenvalue weighted by Gasteiger charge is 2.32. The summed E-state index contributed by atoms with van der Waals surface area (Å²) < 4.78 is 0. The van der Waals surface area contributed by atoms with E-state index >= 15 is 0 Å². The summed E-state index contributed by atoms with van der Waals surface area (Å²) in [5.41, 5.74) is 0.194. The van der Waals surface area contributed by atoms with Crippen molar-refractivity contribution >= 4 is 41.3 Å². The van der Waals surface area contributed by atoms with Crippen molar-refractivity contribution < 1.29 is 5.11 Å². The van der Waals surface area contributed by atoms with E-state index in [9.17, 15) is 5.11 Å². The standard InChI is InChI=1S/C23H40N4OS.HI/c1-3-24-22(26-18-23(13-15-28)11-5-4-6-12-23)25-17-19-9-7-14-27(2)21(19)20-10-8-16-29-20;/h8,10,16,19,21,28H,3-7,9,11-15,17-18H2,1-2H3,(H2,24,25,26);1H. The molecule has 2 unspecified atom stereocenters. The van der Waals surface area contributed by atoms with Crippen molar-refractivity contribution in [3.63, 3.8) is 0 Å². The fourth-order valence-corrected chi connectivity index (χ4v) is 6.21. The van der Waals surface area contributed by atoms with Gasteiger partial charge in [-0.2, -0.15) is 0 Å². The number of aliphatic hydroxyl groups excluding tert-OH is 1. The number of nitrogens with zero attached hydrogens (tertiary/aromatic N) is 2. The molecule has 1 aliphatic heterocycles. The molecule has 1 saturated heterocycles. The summed E-state index contributed by atoms with van der Waals surface area (Å²) in [6.07, 6.45) is 9.67. The number of aliphatic hydroxyl groups is 1. The highest BCUT2D eigenvalue weighted by Crippen LogP contribution is 2.39. The molecule has 2 aliphatic rings. The molecule has 1 aromatic heterocycles. The van der Waals surface area contributed by atoms with Crippen LogP contribution in [0.25, 0.3) is 0 Å². The van der Waals surface area contributed by atoms with Gasteiger partial charge in [0.25, 0.3) is 0 Å². The van der Waals surface area contributed by atoms with Gasteiger partial charge >= 0.3 is 0 Å². The SMILES string of the molecule is CCNC(=NCC1(CCO)CCCCC1)NCC1CCCN(C)C1c1cccs1.I. The lowest BCUT2D eigenvalue weighted by atomic mass is 9.72. The van der Waals surface area contributed by atoms with Crippen molar-refractivity contribution in [1.82, 2.24) is 15.5 Å². The number of halogens is 1. The van der Waals surface area contributed by atoms with Crippen molar-refractivity contribution in [3.05, 3.63) is 22.4 Å². The zero-order valence-electron chi connectivity index (χ0n) is 18.7. The van der Waals surface area contributed by atoms with Gasteiger partial charge in [0, 0.05) is 37.2 Å². The van der Waals surface area contributed by atoms with Crippen LogP contribution >= 0.6 is 35.3 Å². The predicted molar refractivity (Wildman–Crippen MR) is 139 cm³/mol. The second kappa shape index (κ2) is 13.2. The number of likely N-dealkylation sites (tertiary alicyclic amines) is 1. The second-order valence-electron chi connectivity index (χ2n) is 8.95. The Morgan fingerprint density at radius 3 is 2.73 bits per heavy atom. The van der Waals surface area contributed by atoms with Crippen molar-refractivity contribution in [2.24, 2.45) is 16.3 Å². The number of piperidine rings is 1. The van der Waals surface area contributed by atoms with E-state index in [2.05, 4.69) is 47.0 Å². The van der Waals surface area contributed by atoms with Gasteiger partial charge in [0.2, 0.25) is 0 Å². The maximum Gasteiger partial charge on any atom is 0.191 e. The minimum atomic E-state index is 0. The molecule has 1 aromatic rings. The fraction of sp³-hybridized carbons (Fsp3) is 0.783.